The second-order valence-corrected chi connectivity index (χ2v) is 4.26. The summed E-state index contributed by atoms with van der Waals surface area (Å²) in [5.74, 6) is 1.81. The van der Waals surface area contributed by atoms with Crippen molar-refractivity contribution in [2.75, 3.05) is 0 Å². The predicted molar refractivity (Wildman–Crippen MR) is 54.4 cm³/mol. The maximum absolute atomic E-state index is 10.5. The Bertz CT molecular complexity index is 372. The van der Waals surface area contributed by atoms with E-state index in [1.54, 1.807) is 6.07 Å². The van der Waals surface area contributed by atoms with Crippen LogP contribution in [0.2, 0.25) is 0 Å². The SMILES string of the molecule is CC1CC1c1ccc([C@@H](N)CC(=O)O)o1. The minimum absolute atomic E-state index is 0.0901. The van der Waals surface area contributed by atoms with E-state index in [4.69, 9.17) is 15.3 Å². The molecule has 0 radical (unpaired) electrons. The van der Waals surface area contributed by atoms with Gasteiger partial charge in [0.2, 0.25) is 0 Å². The Balaban J connectivity index is 2.03. The maximum Gasteiger partial charge on any atom is 0.305 e. The molecule has 3 atom stereocenters. The zero-order valence-electron chi connectivity index (χ0n) is 8.64. The number of rotatable bonds is 4. The fraction of sp³-hybridized carbons (Fsp3) is 0.545. The first-order valence-corrected chi connectivity index (χ1v) is 5.15. The van der Waals surface area contributed by atoms with Gasteiger partial charge in [-0.25, -0.2) is 0 Å². The molecule has 1 aliphatic rings. The third kappa shape index (κ3) is 2.21. The van der Waals surface area contributed by atoms with E-state index < -0.39 is 12.0 Å². The summed E-state index contributed by atoms with van der Waals surface area (Å²) in [6.45, 7) is 2.17. The second-order valence-electron chi connectivity index (χ2n) is 4.26. The van der Waals surface area contributed by atoms with Gasteiger partial charge in [-0.1, -0.05) is 6.92 Å². The van der Waals surface area contributed by atoms with Crippen molar-refractivity contribution in [2.45, 2.75) is 31.7 Å². The lowest BCUT2D eigenvalue weighted by molar-refractivity contribution is -0.137. The summed E-state index contributed by atoms with van der Waals surface area (Å²) in [5, 5.41) is 8.59. The summed E-state index contributed by atoms with van der Waals surface area (Å²) in [7, 11) is 0. The van der Waals surface area contributed by atoms with Gasteiger partial charge in [0, 0.05) is 5.92 Å². The lowest BCUT2D eigenvalue weighted by atomic mass is 10.2. The van der Waals surface area contributed by atoms with Crippen LogP contribution in [0.3, 0.4) is 0 Å². The van der Waals surface area contributed by atoms with E-state index in [-0.39, 0.29) is 6.42 Å². The summed E-state index contributed by atoms with van der Waals surface area (Å²) in [6, 6.07) is 3.16. The van der Waals surface area contributed by atoms with Crippen molar-refractivity contribution in [1.82, 2.24) is 0 Å². The molecule has 0 aromatic carbocycles. The number of carbonyl (C=O) groups is 1. The number of carboxylic acid groups (broad SMARTS) is 1. The molecule has 1 heterocycles. The average Bonchev–Trinajstić information content (AvgIpc) is 2.70. The topological polar surface area (TPSA) is 76.5 Å². The fourth-order valence-corrected chi connectivity index (χ4v) is 1.77. The van der Waals surface area contributed by atoms with Crippen LogP contribution in [0.4, 0.5) is 0 Å². The lowest BCUT2D eigenvalue weighted by Gasteiger charge is -2.04. The van der Waals surface area contributed by atoms with Gasteiger partial charge in [-0.2, -0.15) is 0 Å². The molecule has 4 nitrogen and oxygen atoms in total. The number of aliphatic carboxylic acids is 1. The molecule has 1 saturated carbocycles. The van der Waals surface area contributed by atoms with Gasteiger partial charge in [-0.15, -0.1) is 0 Å². The molecule has 0 bridgehead atoms. The van der Waals surface area contributed by atoms with Gasteiger partial charge in [0.25, 0.3) is 0 Å². The smallest absolute Gasteiger partial charge is 0.305 e. The van der Waals surface area contributed by atoms with E-state index in [0.29, 0.717) is 17.6 Å². The van der Waals surface area contributed by atoms with Crippen molar-refractivity contribution in [3.63, 3.8) is 0 Å². The summed E-state index contributed by atoms with van der Waals surface area (Å²) in [6.07, 6.45) is 1.06. The molecular formula is C11H15NO3. The van der Waals surface area contributed by atoms with Crippen LogP contribution >= 0.6 is 0 Å². The van der Waals surface area contributed by atoms with Crippen LogP contribution in [-0.2, 0) is 4.79 Å². The molecule has 3 N–H and O–H groups in total. The monoisotopic (exact) mass is 209 g/mol. The van der Waals surface area contributed by atoms with Crippen LogP contribution in [-0.4, -0.2) is 11.1 Å². The first-order valence-electron chi connectivity index (χ1n) is 5.15. The zero-order chi connectivity index (χ0) is 11.0. The summed E-state index contributed by atoms with van der Waals surface area (Å²) < 4.78 is 5.55. The molecule has 1 aliphatic carbocycles. The highest BCUT2D eigenvalue weighted by atomic mass is 16.4. The fourth-order valence-electron chi connectivity index (χ4n) is 1.77. The van der Waals surface area contributed by atoms with Crippen molar-refractivity contribution >= 4 is 5.97 Å². The molecule has 1 aromatic rings. The van der Waals surface area contributed by atoms with Gasteiger partial charge in [0.05, 0.1) is 12.5 Å². The number of nitrogens with two attached hydrogens (primary N) is 1. The van der Waals surface area contributed by atoms with E-state index in [1.807, 2.05) is 6.07 Å². The minimum Gasteiger partial charge on any atom is -0.481 e. The first kappa shape index (κ1) is 10.2. The largest absolute Gasteiger partial charge is 0.481 e. The highest BCUT2D eigenvalue weighted by Crippen LogP contribution is 2.47. The number of hydrogen-bond donors (Lipinski definition) is 2. The Hall–Kier alpha value is -1.29. The van der Waals surface area contributed by atoms with Crippen LogP contribution < -0.4 is 5.73 Å². The molecule has 2 rings (SSSR count). The van der Waals surface area contributed by atoms with Crippen LogP contribution in [0.5, 0.6) is 0 Å². The van der Waals surface area contributed by atoms with Crippen molar-refractivity contribution < 1.29 is 14.3 Å². The standard InChI is InChI=1S/C11H15NO3/c1-6-4-7(6)9-2-3-10(15-9)8(12)5-11(13)14/h2-3,6-8H,4-5,12H2,1H3,(H,13,14)/t6?,7?,8-/m0/s1. The summed E-state index contributed by atoms with van der Waals surface area (Å²) in [5.41, 5.74) is 5.69. The highest BCUT2D eigenvalue weighted by Gasteiger charge is 2.36. The second kappa shape index (κ2) is 3.70. The van der Waals surface area contributed by atoms with Crippen LogP contribution in [0, 0.1) is 5.92 Å². The molecule has 4 heteroatoms. The molecule has 2 unspecified atom stereocenters. The third-order valence-electron chi connectivity index (χ3n) is 2.88. The Morgan fingerprint density at radius 2 is 2.40 bits per heavy atom. The Morgan fingerprint density at radius 3 is 2.93 bits per heavy atom. The van der Waals surface area contributed by atoms with Gasteiger partial charge in [0.1, 0.15) is 11.5 Å². The molecule has 0 saturated heterocycles. The van der Waals surface area contributed by atoms with E-state index in [2.05, 4.69) is 6.92 Å². The van der Waals surface area contributed by atoms with Crippen LogP contribution in [0.15, 0.2) is 16.5 Å². The average molecular weight is 209 g/mol. The third-order valence-corrected chi connectivity index (χ3v) is 2.88. The lowest BCUT2D eigenvalue weighted by Crippen LogP contribution is -2.14. The summed E-state index contributed by atoms with van der Waals surface area (Å²) >= 11 is 0. The van der Waals surface area contributed by atoms with Crippen LogP contribution in [0.1, 0.15) is 43.2 Å². The van der Waals surface area contributed by atoms with Crippen LogP contribution in [0.25, 0.3) is 0 Å². The van der Waals surface area contributed by atoms with Gasteiger partial charge >= 0.3 is 5.97 Å². The number of carboxylic acids is 1. The van der Waals surface area contributed by atoms with E-state index in [9.17, 15) is 4.79 Å². The van der Waals surface area contributed by atoms with Crippen molar-refractivity contribution in [3.8, 4) is 0 Å². The maximum atomic E-state index is 10.5. The van der Waals surface area contributed by atoms with E-state index >= 15 is 0 Å². The first-order chi connectivity index (χ1) is 7.08. The number of furan rings is 1. The van der Waals surface area contributed by atoms with Gasteiger partial charge < -0.3 is 15.3 Å². The molecule has 15 heavy (non-hydrogen) atoms. The van der Waals surface area contributed by atoms with Gasteiger partial charge in [0.15, 0.2) is 0 Å². The minimum atomic E-state index is -0.903. The molecule has 1 aromatic heterocycles. The molecule has 0 spiro atoms. The molecule has 1 fully saturated rings. The molecule has 0 aliphatic heterocycles. The summed E-state index contributed by atoms with van der Waals surface area (Å²) in [4.78, 5) is 10.5. The zero-order valence-corrected chi connectivity index (χ0v) is 8.64. The molecule has 82 valence electrons. The van der Waals surface area contributed by atoms with Crippen molar-refractivity contribution in [3.05, 3.63) is 23.7 Å². The highest BCUT2D eigenvalue weighted by molar-refractivity contribution is 5.67. The molecule has 0 amide bonds. The molecular weight excluding hydrogens is 194 g/mol. The van der Waals surface area contributed by atoms with Crippen molar-refractivity contribution in [2.24, 2.45) is 11.7 Å². The van der Waals surface area contributed by atoms with Gasteiger partial charge in [-0.05, 0) is 24.5 Å². The Kier molecular flexibility index (Phi) is 2.52. The number of hydrogen-bond acceptors (Lipinski definition) is 3. The quantitative estimate of drug-likeness (QED) is 0.793. The predicted octanol–water partition coefficient (Wildman–Crippen LogP) is 1.88. The Labute approximate surface area is 88.1 Å². The van der Waals surface area contributed by atoms with Crippen molar-refractivity contribution in [1.29, 1.82) is 0 Å². The van der Waals surface area contributed by atoms with E-state index in [0.717, 1.165) is 12.2 Å². The van der Waals surface area contributed by atoms with Gasteiger partial charge in [-0.3, -0.25) is 4.79 Å². The Morgan fingerprint density at radius 1 is 1.73 bits per heavy atom. The normalized spacial score (nSPS) is 26.3. The van der Waals surface area contributed by atoms with E-state index in [1.165, 1.54) is 0 Å².